The number of aliphatic carboxylic acids is 1. The molecule has 1 aliphatic rings. The zero-order valence-electron chi connectivity index (χ0n) is 12.3. The standard InChI is InChI=1S/C15H17NO6S/c17-15(18)10-21-11-5-7-16(8-6-11)23(19,20)14-9-22-13-4-2-1-3-12(13)14/h1-4,9,11H,5-8,10H2,(H,17,18). The van der Waals surface area contributed by atoms with Gasteiger partial charge in [0.25, 0.3) is 0 Å². The van der Waals surface area contributed by atoms with Crippen molar-refractivity contribution in [2.45, 2.75) is 23.8 Å². The molecule has 0 spiro atoms. The molecular formula is C15H17NO6S. The van der Waals surface area contributed by atoms with Crippen molar-refractivity contribution in [2.75, 3.05) is 19.7 Å². The number of rotatable bonds is 5. The van der Waals surface area contributed by atoms with Crippen LogP contribution in [0.3, 0.4) is 0 Å². The van der Waals surface area contributed by atoms with Gasteiger partial charge >= 0.3 is 5.97 Å². The van der Waals surface area contributed by atoms with Crippen LogP contribution in [0.25, 0.3) is 11.0 Å². The smallest absolute Gasteiger partial charge is 0.329 e. The summed E-state index contributed by atoms with van der Waals surface area (Å²) in [5.74, 6) is -1.02. The van der Waals surface area contributed by atoms with Gasteiger partial charge in [-0.05, 0) is 25.0 Å². The SMILES string of the molecule is O=C(O)COC1CCN(S(=O)(=O)c2coc3ccccc23)CC1. The molecule has 1 fully saturated rings. The van der Waals surface area contributed by atoms with Gasteiger partial charge in [-0.15, -0.1) is 0 Å². The Bertz CT molecular complexity index is 804. The number of para-hydroxylation sites is 1. The third kappa shape index (κ3) is 3.24. The molecule has 0 atom stereocenters. The Morgan fingerprint density at radius 1 is 1.30 bits per heavy atom. The molecule has 0 aliphatic carbocycles. The molecule has 2 heterocycles. The molecule has 1 N–H and O–H groups in total. The van der Waals surface area contributed by atoms with Crippen LogP contribution in [-0.2, 0) is 19.6 Å². The van der Waals surface area contributed by atoms with Crippen molar-refractivity contribution in [1.29, 1.82) is 0 Å². The zero-order chi connectivity index (χ0) is 16.4. The maximum atomic E-state index is 12.8. The van der Waals surface area contributed by atoms with Gasteiger partial charge in [-0.3, -0.25) is 0 Å². The average Bonchev–Trinajstić information content (AvgIpc) is 2.98. The van der Waals surface area contributed by atoms with E-state index in [2.05, 4.69) is 0 Å². The molecule has 3 rings (SSSR count). The topological polar surface area (TPSA) is 97.0 Å². The van der Waals surface area contributed by atoms with Gasteiger partial charge in [0.15, 0.2) is 0 Å². The number of sulfonamides is 1. The van der Waals surface area contributed by atoms with Gasteiger partial charge in [0.2, 0.25) is 10.0 Å². The van der Waals surface area contributed by atoms with E-state index in [1.807, 2.05) is 0 Å². The summed E-state index contributed by atoms with van der Waals surface area (Å²) in [6, 6.07) is 6.99. The molecule has 1 aromatic carbocycles. The van der Waals surface area contributed by atoms with Crippen molar-refractivity contribution in [3.63, 3.8) is 0 Å². The number of furan rings is 1. The van der Waals surface area contributed by atoms with Gasteiger partial charge in [0.05, 0.1) is 6.10 Å². The lowest BCUT2D eigenvalue weighted by molar-refractivity contribution is -0.145. The second-order valence-electron chi connectivity index (χ2n) is 5.40. The minimum Gasteiger partial charge on any atom is -0.480 e. The molecule has 2 aromatic rings. The van der Waals surface area contributed by atoms with Gasteiger partial charge in [0.1, 0.15) is 23.3 Å². The van der Waals surface area contributed by atoms with E-state index in [4.69, 9.17) is 14.3 Å². The van der Waals surface area contributed by atoms with Gasteiger partial charge in [-0.1, -0.05) is 12.1 Å². The molecule has 0 radical (unpaired) electrons. The van der Waals surface area contributed by atoms with E-state index in [-0.39, 0.29) is 17.6 Å². The van der Waals surface area contributed by atoms with Crippen molar-refractivity contribution in [3.05, 3.63) is 30.5 Å². The number of hydrogen-bond acceptors (Lipinski definition) is 5. The van der Waals surface area contributed by atoms with Gasteiger partial charge < -0.3 is 14.3 Å². The fourth-order valence-electron chi connectivity index (χ4n) is 2.72. The minimum absolute atomic E-state index is 0.165. The number of piperidine rings is 1. The highest BCUT2D eigenvalue weighted by Gasteiger charge is 2.32. The second-order valence-corrected chi connectivity index (χ2v) is 7.31. The van der Waals surface area contributed by atoms with Crippen LogP contribution in [0.5, 0.6) is 0 Å². The van der Waals surface area contributed by atoms with Crippen LogP contribution in [0.4, 0.5) is 0 Å². The average molecular weight is 339 g/mol. The van der Waals surface area contributed by atoms with Crippen LogP contribution < -0.4 is 0 Å². The third-order valence-electron chi connectivity index (χ3n) is 3.91. The largest absolute Gasteiger partial charge is 0.480 e. The normalized spacial score (nSPS) is 17.6. The van der Waals surface area contributed by atoms with E-state index in [1.165, 1.54) is 10.6 Å². The Morgan fingerprint density at radius 3 is 2.70 bits per heavy atom. The number of nitrogens with zero attached hydrogens (tertiary/aromatic N) is 1. The first-order valence-electron chi connectivity index (χ1n) is 7.28. The summed E-state index contributed by atoms with van der Waals surface area (Å²) in [6.07, 6.45) is 2.00. The number of hydrogen-bond donors (Lipinski definition) is 1. The van der Waals surface area contributed by atoms with Crippen LogP contribution in [0.2, 0.25) is 0 Å². The lowest BCUT2D eigenvalue weighted by atomic mass is 10.1. The number of ether oxygens (including phenoxy) is 1. The van der Waals surface area contributed by atoms with Crippen molar-refractivity contribution in [1.82, 2.24) is 4.31 Å². The van der Waals surface area contributed by atoms with Gasteiger partial charge in [-0.2, -0.15) is 4.31 Å². The molecule has 1 aliphatic heterocycles. The first kappa shape index (κ1) is 16.0. The lowest BCUT2D eigenvalue weighted by Crippen LogP contribution is -2.41. The Morgan fingerprint density at radius 2 is 2.00 bits per heavy atom. The first-order chi connectivity index (χ1) is 11.0. The Balaban J connectivity index is 1.73. The molecule has 0 unspecified atom stereocenters. The summed E-state index contributed by atoms with van der Waals surface area (Å²) in [4.78, 5) is 10.7. The summed E-state index contributed by atoms with van der Waals surface area (Å²) in [5, 5.41) is 9.18. The van der Waals surface area contributed by atoms with Crippen LogP contribution in [0.1, 0.15) is 12.8 Å². The number of carboxylic acid groups (broad SMARTS) is 1. The summed E-state index contributed by atoms with van der Waals surface area (Å²) >= 11 is 0. The third-order valence-corrected chi connectivity index (χ3v) is 5.82. The second kappa shape index (κ2) is 6.31. The molecule has 124 valence electrons. The lowest BCUT2D eigenvalue weighted by Gasteiger charge is -2.30. The van der Waals surface area contributed by atoms with Gasteiger partial charge in [-0.25, -0.2) is 13.2 Å². The molecule has 8 heteroatoms. The molecule has 7 nitrogen and oxygen atoms in total. The monoisotopic (exact) mass is 339 g/mol. The number of benzene rings is 1. The van der Waals surface area contributed by atoms with Crippen molar-refractivity contribution < 1.29 is 27.5 Å². The summed E-state index contributed by atoms with van der Waals surface area (Å²) in [5.41, 5.74) is 0.533. The highest BCUT2D eigenvalue weighted by atomic mass is 32.2. The number of carboxylic acids is 1. The molecule has 0 bridgehead atoms. The van der Waals surface area contributed by atoms with Crippen LogP contribution in [0.15, 0.2) is 39.8 Å². The van der Waals surface area contributed by atoms with Crippen molar-refractivity contribution >= 4 is 27.0 Å². The predicted molar refractivity (Wildman–Crippen MR) is 81.6 cm³/mol. The fraction of sp³-hybridized carbons (Fsp3) is 0.400. The quantitative estimate of drug-likeness (QED) is 0.890. The van der Waals surface area contributed by atoms with Crippen molar-refractivity contribution in [3.8, 4) is 0 Å². The van der Waals surface area contributed by atoms with Crippen LogP contribution >= 0.6 is 0 Å². The Kier molecular flexibility index (Phi) is 4.38. The first-order valence-corrected chi connectivity index (χ1v) is 8.72. The number of carbonyl (C=O) groups is 1. The van der Waals surface area contributed by atoms with Crippen molar-refractivity contribution in [2.24, 2.45) is 0 Å². The van der Waals surface area contributed by atoms with E-state index >= 15 is 0 Å². The van der Waals surface area contributed by atoms with E-state index in [1.54, 1.807) is 24.3 Å². The van der Waals surface area contributed by atoms with Crippen LogP contribution in [0, 0.1) is 0 Å². The summed E-state index contributed by atoms with van der Waals surface area (Å²) in [7, 11) is -3.63. The van der Waals surface area contributed by atoms with Gasteiger partial charge in [0, 0.05) is 18.5 Å². The van der Waals surface area contributed by atoms with E-state index < -0.39 is 16.0 Å². The summed E-state index contributed by atoms with van der Waals surface area (Å²) in [6.45, 7) is 0.238. The van der Waals surface area contributed by atoms with E-state index in [0.29, 0.717) is 36.9 Å². The van der Waals surface area contributed by atoms with E-state index in [9.17, 15) is 13.2 Å². The fourth-order valence-corrected chi connectivity index (χ4v) is 4.31. The summed E-state index contributed by atoms with van der Waals surface area (Å²) < 4.78 is 37.5. The molecule has 0 saturated carbocycles. The predicted octanol–water partition coefficient (Wildman–Crippen LogP) is 1.69. The molecule has 23 heavy (non-hydrogen) atoms. The molecular weight excluding hydrogens is 322 g/mol. The minimum atomic E-state index is -3.63. The van der Waals surface area contributed by atoms with Crippen LogP contribution in [-0.4, -0.2) is 49.6 Å². The van der Waals surface area contributed by atoms with E-state index in [0.717, 1.165) is 0 Å². The zero-order valence-corrected chi connectivity index (χ0v) is 13.2. The Hall–Kier alpha value is -1.90. The molecule has 1 aromatic heterocycles. The maximum absolute atomic E-state index is 12.8. The maximum Gasteiger partial charge on any atom is 0.329 e. The Labute approximate surface area is 133 Å². The number of fused-ring (bicyclic) bond motifs is 1. The highest BCUT2D eigenvalue weighted by molar-refractivity contribution is 7.89. The molecule has 0 amide bonds. The molecule has 1 saturated heterocycles. The highest BCUT2D eigenvalue weighted by Crippen LogP contribution is 2.29.